The molecular formula is C17H23N3O4. The number of anilines is 1. The molecule has 0 atom stereocenters. The monoisotopic (exact) mass is 333 g/mol. The minimum absolute atomic E-state index is 0.0251. The van der Waals surface area contributed by atoms with Crippen LogP contribution in [-0.4, -0.2) is 48.6 Å². The first-order valence-electron chi connectivity index (χ1n) is 8.26. The lowest BCUT2D eigenvalue weighted by Gasteiger charge is -2.35. The number of carbonyl (C=O) groups is 1. The van der Waals surface area contributed by atoms with Crippen molar-refractivity contribution in [3.8, 4) is 0 Å². The molecule has 0 unspecified atom stereocenters. The summed E-state index contributed by atoms with van der Waals surface area (Å²) in [6, 6.07) is 6.10. The molecule has 2 aliphatic rings. The fourth-order valence-corrected chi connectivity index (χ4v) is 2.73. The maximum atomic E-state index is 12.7. The highest BCUT2D eigenvalue weighted by atomic mass is 16.6. The summed E-state index contributed by atoms with van der Waals surface area (Å²) >= 11 is 0. The quantitative estimate of drug-likeness (QED) is 0.628. The van der Waals surface area contributed by atoms with Crippen molar-refractivity contribution in [1.29, 1.82) is 0 Å². The predicted molar refractivity (Wildman–Crippen MR) is 91.9 cm³/mol. The van der Waals surface area contributed by atoms with Crippen LogP contribution in [-0.2, 0) is 9.53 Å². The number of carbonyl (C=O) groups excluding carboxylic acids is 1. The van der Waals surface area contributed by atoms with Crippen molar-refractivity contribution in [2.24, 2.45) is 0 Å². The van der Waals surface area contributed by atoms with Gasteiger partial charge in [-0.05, 0) is 18.6 Å². The van der Waals surface area contributed by atoms with E-state index in [9.17, 15) is 14.9 Å². The standard InChI is InChI=1S/C15H17N3O4.C2H6/c19-15-14(16-8-10-22-11-9-16)2-1-7-17(15)12-3-5-13(6-4-12)18(20)21;1-2/h2-6H,1,7-11H2;1-2H3. The van der Waals surface area contributed by atoms with Gasteiger partial charge in [0.2, 0.25) is 0 Å². The SMILES string of the molecule is CC.O=C1C(N2CCOCC2)=CCCN1c1ccc([N+](=O)[O-])cc1. The maximum Gasteiger partial charge on any atom is 0.274 e. The largest absolute Gasteiger partial charge is 0.378 e. The van der Waals surface area contributed by atoms with Crippen LogP contribution in [0.4, 0.5) is 11.4 Å². The van der Waals surface area contributed by atoms with E-state index in [1.54, 1.807) is 17.0 Å². The minimum atomic E-state index is -0.444. The highest BCUT2D eigenvalue weighted by Gasteiger charge is 2.28. The molecule has 1 aromatic carbocycles. The van der Waals surface area contributed by atoms with E-state index in [-0.39, 0.29) is 11.6 Å². The Labute approximate surface area is 141 Å². The van der Waals surface area contributed by atoms with E-state index in [1.165, 1.54) is 12.1 Å². The average Bonchev–Trinajstić information content (AvgIpc) is 2.64. The van der Waals surface area contributed by atoms with Gasteiger partial charge in [-0.1, -0.05) is 19.9 Å². The molecular weight excluding hydrogens is 310 g/mol. The normalized spacial score (nSPS) is 17.8. The summed E-state index contributed by atoms with van der Waals surface area (Å²) in [7, 11) is 0. The van der Waals surface area contributed by atoms with Gasteiger partial charge in [-0.2, -0.15) is 0 Å². The first kappa shape index (κ1) is 17.9. The number of rotatable bonds is 3. The zero-order chi connectivity index (χ0) is 17.5. The Hall–Kier alpha value is -2.41. The van der Waals surface area contributed by atoms with Gasteiger partial charge >= 0.3 is 0 Å². The van der Waals surface area contributed by atoms with Gasteiger partial charge in [0.25, 0.3) is 11.6 Å². The van der Waals surface area contributed by atoms with Crippen molar-refractivity contribution in [2.45, 2.75) is 20.3 Å². The van der Waals surface area contributed by atoms with Crippen LogP contribution in [0.15, 0.2) is 36.0 Å². The third kappa shape index (κ3) is 3.91. The Kier molecular flexibility index (Phi) is 6.31. The van der Waals surface area contributed by atoms with Gasteiger partial charge in [-0.15, -0.1) is 0 Å². The number of amides is 1. The molecule has 0 spiro atoms. The molecule has 0 radical (unpaired) electrons. The smallest absolute Gasteiger partial charge is 0.274 e. The molecule has 7 heteroatoms. The molecule has 130 valence electrons. The number of hydrogen-bond donors (Lipinski definition) is 0. The van der Waals surface area contributed by atoms with Gasteiger partial charge in [-0.25, -0.2) is 0 Å². The van der Waals surface area contributed by atoms with E-state index < -0.39 is 4.92 Å². The van der Waals surface area contributed by atoms with E-state index in [4.69, 9.17) is 4.74 Å². The number of nitrogens with zero attached hydrogens (tertiary/aromatic N) is 3. The first-order chi connectivity index (χ1) is 11.7. The third-order valence-electron chi connectivity index (χ3n) is 3.88. The zero-order valence-electron chi connectivity index (χ0n) is 14.1. The second kappa shape index (κ2) is 8.44. The Bertz CT molecular complexity index is 607. The summed E-state index contributed by atoms with van der Waals surface area (Å²) in [4.78, 5) is 26.7. The molecule has 0 aromatic heterocycles. The molecule has 0 saturated carbocycles. The fraction of sp³-hybridized carbons (Fsp3) is 0.471. The number of benzene rings is 1. The molecule has 0 bridgehead atoms. The van der Waals surface area contributed by atoms with Gasteiger partial charge in [-0.3, -0.25) is 14.9 Å². The van der Waals surface area contributed by atoms with Crippen molar-refractivity contribution < 1.29 is 14.5 Å². The Balaban J connectivity index is 0.00000100. The summed E-state index contributed by atoms with van der Waals surface area (Å²) < 4.78 is 5.32. The van der Waals surface area contributed by atoms with E-state index in [1.807, 2.05) is 24.8 Å². The number of morpholine rings is 1. The lowest BCUT2D eigenvalue weighted by molar-refractivity contribution is -0.384. The molecule has 1 aromatic rings. The van der Waals surface area contributed by atoms with E-state index in [2.05, 4.69) is 0 Å². The second-order valence-corrected chi connectivity index (χ2v) is 5.21. The molecule has 1 fully saturated rings. The Morgan fingerprint density at radius 2 is 1.71 bits per heavy atom. The van der Waals surface area contributed by atoms with Crippen LogP contribution in [0.3, 0.4) is 0 Å². The fourth-order valence-electron chi connectivity index (χ4n) is 2.73. The number of hydrogen-bond acceptors (Lipinski definition) is 5. The van der Waals surface area contributed by atoms with E-state index in [0.29, 0.717) is 44.2 Å². The molecule has 0 aliphatic carbocycles. The van der Waals surface area contributed by atoms with Crippen LogP contribution in [0.2, 0.25) is 0 Å². The van der Waals surface area contributed by atoms with Gasteiger partial charge in [0, 0.05) is 37.5 Å². The lowest BCUT2D eigenvalue weighted by atomic mass is 10.1. The summed E-state index contributed by atoms with van der Waals surface area (Å²) in [5.74, 6) is -0.0537. The topological polar surface area (TPSA) is 75.9 Å². The van der Waals surface area contributed by atoms with Crippen molar-refractivity contribution in [3.05, 3.63) is 46.2 Å². The van der Waals surface area contributed by atoms with Crippen molar-refractivity contribution >= 4 is 17.3 Å². The van der Waals surface area contributed by atoms with Crippen LogP contribution >= 0.6 is 0 Å². The molecule has 0 N–H and O–H groups in total. The van der Waals surface area contributed by atoms with Crippen LogP contribution in [0.5, 0.6) is 0 Å². The third-order valence-corrected chi connectivity index (χ3v) is 3.88. The van der Waals surface area contributed by atoms with Gasteiger partial charge in [0.1, 0.15) is 0 Å². The summed E-state index contributed by atoms with van der Waals surface area (Å²) in [6.07, 6.45) is 2.74. The van der Waals surface area contributed by atoms with Crippen LogP contribution in [0.1, 0.15) is 20.3 Å². The lowest BCUT2D eigenvalue weighted by Crippen LogP contribution is -2.45. The highest BCUT2D eigenvalue weighted by molar-refractivity contribution is 6.06. The second-order valence-electron chi connectivity index (χ2n) is 5.21. The number of non-ortho nitro benzene ring substituents is 1. The van der Waals surface area contributed by atoms with E-state index >= 15 is 0 Å². The van der Waals surface area contributed by atoms with E-state index in [0.717, 1.165) is 6.42 Å². The molecule has 7 nitrogen and oxygen atoms in total. The summed E-state index contributed by atoms with van der Waals surface area (Å²) in [6.45, 7) is 7.27. The average molecular weight is 333 g/mol. The number of ether oxygens (including phenoxy) is 1. The zero-order valence-corrected chi connectivity index (χ0v) is 14.1. The van der Waals surface area contributed by atoms with Crippen molar-refractivity contribution in [3.63, 3.8) is 0 Å². The summed E-state index contributed by atoms with van der Waals surface area (Å²) in [5.41, 5.74) is 1.42. The first-order valence-corrected chi connectivity index (χ1v) is 8.26. The molecule has 1 saturated heterocycles. The number of nitro benzene ring substituents is 1. The highest BCUT2D eigenvalue weighted by Crippen LogP contribution is 2.25. The molecule has 2 heterocycles. The molecule has 1 amide bonds. The Morgan fingerprint density at radius 1 is 1.08 bits per heavy atom. The minimum Gasteiger partial charge on any atom is -0.378 e. The molecule has 2 aliphatic heterocycles. The Morgan fingerprint density at radius 3 is 2.29 bits per heavy atom. The van der Waals surface area contributed by atoms with Gasteiger partial charge < -0.3 is 14.5 Å². The number of nitro groups is 1. The van der Waals surface area contributed by atoms with Crippen LogP contribution in [0, 0.1) is 10.1 Å². The van der Waals surface area contributed by atoms with Gasteiger partial charge in [0.05, 0.1) is 23.8 Å². The summed E-state index contributed by atoms with van der Waals surface area (Å²) in [5, 5.41) is 10.7. The van der Waals surface area contributed by atoms with Crippen LogP contribution < -0.4 is 4.90 Å². The van der Waals surface area contributed by atoms with Crippen molar-refractivity contribution in [2.75, 3.05) is 37.7 Å². The van der Waals surface area contributed by atoms with Crippen molar-refractivity contribution in [1.82, 2.24) is 4.90 Å². The maximum absolute atomic E-state index is 12.7. The molecule has 3 rings (SSSR count). The predicted octanol–water partition coefficient (Wildman–Crippen LogP) is 2.57. The van der Waals surface area contributed by atoms with Gasteiger partial charge in [0.15, 0.2) is 0 Å². The van der Waals surface area contributed by atoms with Crippen LogP contribution in [0.25, 0.3) is 0 Å². The molecule has 24 heavy (non-hydrogen) atoms.